The van der Waals surface area contributed by atoms with Gasteiger partial charge in [-0.3, -0.25) is 0 Å². The van der Waals surface area contributed by atoms with Crippen LogP contribution in [0.1, 0.15) is 5.89 Å². The summed E-state index contributed by atoms with van der Waals surface area (Å²) in [6, 6.07) is 2.77. The molecule has 18 heavy (non-hydrogen) atoms. The van der Waals surface area contributed by atoms with Crippen LogP contribution in [0.2, 0.25) is 0 Å². The Hall–Kier alpha value is -2.57. The lowest BCUT2D eigenvalue weighted by Crippen LogP contribution is -1.85. The van der Waals surface area contributed by atoms with Crippen LogP contribution >= 0.6 is 0 Å². The Labute approximate surface area is 99.4 Å². The van der Waals surface area contributed by atoms with Crippen molar-refractivity contribution in [1.29, 1.82) is 0 Å². The third-order valence-corrected chi connectivity index (χ3v) is 1.92. The van der Waals surface area contributed by atoms with Crippen molar-refractivity contribution in [3.63, 3.8) is 0 Å². The number of nitrogens with zero attached hydrogens (tertiary/aromatic N) is 2. The lowest BCUT2D eigenvalue weighted by atomic mass is 10.2. The molecule has 0 amide bonds. The van der Waals surface area contributed by atoms with E-state index in [-0.39, 0.29) is 17.3 Å². The topological polar surface area (TPSA) is 76.2 Å². The van der Waals surface area contributed by atoms with Crippen molar-refractivity contribution in [2.75, 3.05) is 0 Å². The number of carbonyl (C=O) groups is 1. The number of carboxylic acids is 1. The van der Waals surface area contributed by atoms with Gasteiger partial charge in [-0.15, -0.1) is 10.2 Å². The van der Waals surface area contributed by atoms with Crippen molar-refractivity contribution in [3.8, 4) is 11.5 Å². The van der Waals surface area contributed by atoms with Crippen molar-refractivity contribution in [2.24, 2.45) is 0 Å². The average Bonchev–Trinajstić information content (AvgIpc) is 2.73. The molecule has 0 fully saturated rings. The molecule has 1 aromatic carbocycles. The van der Waals surface area contributed by atoms with Gasteiger partial charge in [-0.25, -0.2) is 13.6 Å². The molecule has 0 unspecified atom stereocenters. The van der Waals surface area contributed by atoms with Crippen molar-refractivity contribution in [3.05, 3.63) is 41.8 Å². The molecule has 0 spiro atoms. The van der Waals surface area contributed by atoms with Gasteiger partial charge < -0.3 is 9.52 Å². The van der Waals surface area contributed by atoms with E-state index in [1.54, 1.807) is 0 Å². The van der Waals surface area contributed by atoms with Crippen molar-refractivity contribution in [2.45, 2.75) is 0 Å². The van der Waals surface area contributed by atoms with Crippen LogP contribution in [0.5, 0.6) is 0 Å². The van der Waals surface area contributed by atoms with Gasteiger partial charge in [-0.1, -0.05) is 0 Å². The summed E-state index contributed by atoms with van der Waals surface area (Å²) in [7, 11) is 0. The lowest BCUT2D eigenvalue weighted by molar-refractivity contribution is -0.131. The molecule has 1 heterocycles. The first-order chi connectivity index (χ1) is 8.54. The largest absolute Gasteiger partial charge is 0.478 e. The molecular formula is C11H6F2N2O3. The second-order valence-electron chi connectivity index (χ2n) is 3.28. The van der Waals surface area contributed by atoms with Crippen LogP contribution in [0.25, 0.3) is 17.5 Å². The first-order valence-corrected chi connectivity index (χ1v) is 4.75. The summed E-state index contributed by atoms with van der Waals surface area (Å²) in [6.07, 6.45) is 1.89. The molecule has 92 valence electrons. The minimum atomic E-state index is -1.17. The molecule has 2 aromatic rings. The maximum atomic E-state index is 13.0. The maximum Gasteiger partial charge on any atom is 0.328 e. The van der Waals surface area contributed by atoms with Crippen molar-refractivity contribution >= 4 is 12.0 Å². The highest BCUT2D eigenvalue weighted by molar-refractivity contribution is 5.84. The molecule has 1 aromatic heterocycles. The molecular weight excluding hydrogens is 246 g/mol. The summed E-state index contributed by atoms with van der Waals surface area (Å²) >= 11 is 0. The number of benzene rings is 1. The first-order valence-electron chi connectivity index (χ1n) is 4.75. The van der Waals surface area contributed by atoms with E-state index in [0.717, 1.165) is 24.3 Å². The van der Waals surface area contributed by atoms with Gasteiger partial charge in [-0.2, -0.15) is 0 Å². The van der Waals surface area contributed by atoms with Crippen LogP contribution in [-0.4, -0.2) is 21.3 Å². The fourth-order valence-electron chi connectivity index (χ4n) is 1.24. The van der Waals surface area contributed by atoms with E-state index >= 15 is 0 Å². The van der Waals surface area contributed by atoms with Crippen molar-refractivity contribution < 1.29 is 23.1 Å². The minimum absolute atomic E-state index is 0.0722. The molecule has 7 heteroatoms. The van der Waals surface area contributed by atoms with Gasteiger partial charge in [0.25, 0.3) is 0 Å². The number of hydrogen-bond donors (Lipinski definition) is 1. The predicted molar refractivity (Wildman–Crippen MR) is 56.3 cm³/mol. The summed E-state index contributed by atoms with van der Waals surface area (Å²) in [5, 5.41) is 15.5. The summed E-state index contributed by atoms with van der Waals surface area (Å²) < 4.78 is 30.9. The quantitative estimate of drug-likeness (QED) is 0.846. The highest BCUT2D eigenvalue weighted by atomic mass is 19.1. The Kier molecular flexibility index (Phi) is 3.13. The van der Waals surface area contributed by atoms with Crippen LogP contribution in [0.15, 0.2) is 28.7 Å². The predicted octanol–water partition coefficient (Wildman–Crippen LogP) is 2.11. The Morgan fingerprint density at radius 2 is 1.89 bits per heavy atom. The Morgan fingerprint density at radius 3 is 2.50 bits per heavy atom. The molecule has 0 aliphatic carbocycles. The standard InChI is InChI=1S/C11H6F2N2O3/c12-7-3-6(4-8(13)5-7)11-15-14-9(18-11)1-2-10(16)17/h1-5H,(H,16,17)/b2-1+. The highest BCUT2D eigenvalue weighted by Crippen LogP contribution is 2.20. The Bertz CT molecular complexity index is 602. The Balaban J connectivity index is 2.32. The van der Waals surface area contributed by atoms with Gasteiger partial charge in [0.15, 0.2) is 0 Å². The zero-order valence-corrected chi connectivity index (χ0v) is 8.80. The van der Waals surface area contributed by atoms with E-state index in [9.17, 15) is 13.6 Å². The second kappa shape index (κ2) is 4.74. The number of aromatic nitrogens is 2. The molecule has 0 saturated carbocycles. The Morgan fingerprint density at radius 1 is 1.22 bits per heavy atom. The monoisotopic (exact) mass is 252 g/mol. The van der Waals surface area contributed by atoms with Gasteiger partial charge in [0, 0.05) is 23.8 Å². The third-order valence-electron chi connectivity index (χ3n) is 1.92. The average molecular weight is 252 g/mol. The number of aliphatic carboxylic acids is 1. The minimum Gasteiger partial charge on any atom is -0.478 e. The van der Waals surface area contributed by atoms with Crippen LogP contribution in [0.3, 0.4) is 0 Å². The normalized spacial score (nSPS) is 11.0. The van der Waals surface area contributed by atoms with Gasteiger partial charge in [-0.05, 0) is 12.1 Å². The fourth-order valence-corrected chi connectivity index (χ4v) is 1.24. The smallest absolute Gasteiger partial charge is 0.328 e. The SMILES string of the molecule is O=C(O)/C=C/c1nnc(-c2cc(F)cc(F)c2)o1. The number of halogens is 2. The lowest BCUT2D eigenvalue weighted by Gasteiger charge is -1.95. The molecule has 0 aliphatic heterocycles. The number of hydrogen-bond acceptors (Lipinski definition) is 4. The van der Waals surface area contributed by atoms with E-state index < -0.39 is 17.6 Å². The van der Waals surface area contributed by atoms with Gasteiger partial charge in [0.1, 0.15) is 11.6 Å². The number of carboxylic acid groups (broad SMARTS) is 1. The van der Waals surface area contributed by atoms with Gasteiger partial charge in [0.05, 0.1) is 0 Å². The van der Waals surface area contributed by atoms with E-state index in [0.29, 0.717) is 6.07 Å². The molecule has 0 saturated heterocycles. The zero-order chi connectivity index (χ0) is 13.1. The summed E-state index contributed by atoms with van der Waals surface area (Å²) in [5.74, 6) is -2.89. The van der Waals surface area contributed by atoms with Gasteiger partial charge in [0.2, 0.25) is 11.8 Å². The van der Waals surface area contributed by atoms with Crippen LogP contribution in [0, 0.1) is 11.6 Å². The number of rotatable bonds is 3. The maximum absolute atomic E-state index is 13.0. The van der Waals surface area contributed by atoms with E-state index in [2.05, 4.69) is 10.2 Å². The van der Waals surface area contributed by atoms with Crippen LogP contribution < -0.4 is 0 Å². The summed E-state index contributed by atoms with van der Waals surface area (Å²) in [4.78, 5) is 10.3. The van der Waals surface area contributed by atoms with Crippen molar-refractivity contribution in [1.82, 2.24) is 10.2 Å². The first kappa shape index (κ1) is 11.9. The summed E-state index contributed by atoms with van der Waals surface area (Å²) in [5.41, 5.74) is 0.0787. The molecule has 0 bridgehead atoms. The molecule has 2 rings (SSSR count). The van der Waals surface area contributed by atoms with Crippen LogP contribution in [0.4, 0.5) is 8.78 Å². The van der Waals surface area contributed by atoms with E-state index in [1.807, 2.05) is 0 Å². The van der Waals surface area contributed by atoms with Gasteiger partial charge >= 0.3 is 5.97 Å². The van der Waals surface area contributed by atoms with E-state index in [1.165, 1.54) is 0 Å². The second-order valence-corrected chi connectivity index (χ2v) is 3.28. The molecule has 0 atom stereocenters. The fraction of sp³-hybridized carbons (Fsp3) is 0. The third kappa shape index (κ3) is 2.76. The molecule has 0 radical (unpaired) electrons. The zero-order valence-electron chi connectivity index (χ0n) is 8.80. The molecule has 0 aliphatic rings. The summed E-state index contributed by atoms with van der Waals surface area (Å²) in [6.45, 7) is 0. The highest BCUT2D eigenvalue weighted by Gasteiger charge is 2.09. The van der Waals surface area contributed by atoms with E-state index in [4.69, 9.17) is 9.52 Å². The molecule has 1 N–H and O–H groups in total. The molecule has 5 nitrogen and oxygen atoms in total. The van der Waals surface area contributed by atoms with Crippen LogP contribution in [-0.2, 0) is 4.79 Å².